The minimum Gasteiger partial charge on any atom is -0.506 e. The summed E-state index contributed by atoms with van der Waals surface area (Å²) in [7, 11) is 0. The molecular weight excluding hydrogens is 182 g/mol. The smallest absolute Gasteiger partial charge is 0.137 e. The van der Waals surface area contributed by atoms with Crippen molar-refractivity contribution in [3.05, 3.63) is 23.1 Å². The van der Waals surface area contributed by atoms with Crippen LogP contribution in [0.15, 0.2) is 18.2 Å². The van der Waals surface area contributed by atoms with Gasteiger partial charge in [0.05, 0.1) is 0 Å². The fourth-order valence-corrected chi connectivity index (χ4v) is 2.48. The number of nitrogen functional groups attached to an aromatic ring is 1. The van der Waals surface area contributed by atoms with E-state index in [1.165, 1.54) is 0 Å². The number of hydrogen-bond acceptors (Lipinski definition) is 3. The summed E-state index contributed by atoms with van der Waals surface area (Å²) >= 11 is 1.61. The maximum absolute atomic E-state index is 9.75. The SMILES string of the molecule is CCc1sc2cc(N)ccc2c1O. The average molecular weight is 193 g/mol. The fourth-order valence-electron chi connectivity index (χ4n) is 1.39. The third kappa shape index (κ3) is 1.25. The first-order valence-electron chi connectivity index (χ1n) is 4.22. The fraction of sp³-hybridized carbons (Fsp3) is 0.200. The van der Waals surface area contributed by atoms with E-state index in [-0.39, 0.29) is 0 Å². The van der Waals surface area contributed by atoms with Gasteiger partial charge in [0.15, 0.2) is 0 Å². The van der Waals surface area contributed by atoms with E-state index in [0.29, 0.717) is 5.75 Å². The summed E-state index contributed by atoms with van der Waals surface area (Å²) in [5, 5.41) is 10.7. The van der Waals surface area contributed by atoms with Crippen LogP contribution >= 0.6 is 11.3 Å². The summed E-state index contributed by atoms with van der Waals surface area (Å²) in [6.45, 7) is 2.04. The van der Waals surface area contributed by atoms with Crippen LogP contribution in [0.2, 0.25) is 0 Å². The van der Waals surface area contributed by atoms with Crippen molar-refractivity contribution in [3.8, 4) is 5.75 Å². The Labute approximate surface area is 80.6 Å². The van der Waals surface area contributed by atoms with Crippen molar-refractivity contribution >= 4 is 27.1 Å². The zero-order chi connectivity index (χ0) is 9.42. The van der Waals surface area contributed by atoms with Gasteiger partial charge in [0.2, 0.25) is 0 Å². The zero-order valence-corrected chi connectivity index (χ0v) is 8.19. The predicted octanol–water partition coefficient (Wildman–Crippen LogP) is 2.75. The van der Waals surface area contributed by atoms with Gasteiger partial charge < -0.3 is 10.8 Å². The number of rotatable bonds is 1. The Morgan fingerprint density at radius 1 is 1.46 bits per heavy atom. The molecule has 0 aliphatic carbocycles. The number of benzene rings is 1. The Hall–Kier alpha value is -1.22. The first-order chi connectivity index (χ1) is 6.22. The summed E-state index contributed by atoms with van der Waals surface area (Å²) < 4.78 is 1.06. The number of thiophene rings is 1. The molecule has 0 saturated carbocycles. The van der Waals surface area contributed by atoms with E-state index >= 15 is 0 Å². The van der Waals surface area contributed by atoms with E-state index < -0.39 is 0 Å². The Bertz CT molecular complexity index is 447. The third-order valence-corrected chi connectivity index (χ3v) is 3.37. The topological polar surface area (TPSA) is 46.2 Å². The van der Waals surface area contributed by atoms with Crippen molar-refractivity contribution < 1.29 is 5.11 Å². The number of hydrogen-bond donors (Lipinski definition) is 2. The summed E-state index contributed by atoms with van der Waals surface area (Å²) in [5.41, 5.74) is 6.40. The number of anilines is 1. The second kappa shape index (κ2) is 2.92. The minimum atomic E-state index is 0.419. The molecular formula is C10H11NOS. The number of nitrogens with two attached hydrogens (primary N) is 1. The van der Waals surface area contributed by atoms with Crippen molar-refractivity contribution in [1.82, 2.24) is 0 Å². The van der Waals surface area contributed by atoms with Gasteiger partial charge >= 0.3 is 0 Å². The van der Waals surface area contributed by atoms with E-state index in [1.807, 2.05) is 25.1 Å². The van der Waals surface area contributed by atoms with Crippen molar-refractivity contribution in [2.75, 3.05) is 5.73 Å². The van der Waals surface area contributed by atoms with Crippen LogP contribution in [0.5, 0.6) is 5.75 Å². The van der Waals surface area contributed by atoms with Crippen molar-refractivity contribution in [2.24, 2.45) is 0 Å². The highest BCUT2D eigenvalue weighted by molar-refractivity contribution is 7.19. The van der Waals surface area contributed by atoms with Crippen LogP contribution in [0.25, 0.3) is 10.1 Å². The number of aromatic hydroxyl groups is 1. The highest BCUT2D eigenvalue weighted by atomic mass is 32.1. The summed E-state index contributed by atoms with van der Waals surface area (Å²) in [6, 6.07) is 5.59. The van der Waals surface area contributed by atoms with Gasteiger partial charge in [-0.2, -0.15) is 0 Å². The highest BCUT2D eigenvalue weighted by Crippen LogP contribution is 2.37. The first-order valence-corrected chi connectivity index (χ1v) is 5.04. The molecule has 3 heteroatoms. The van der Waals surface area contributed by atoms with Crippen LogP contribution < -0.4 is 5.73 Å². The molecule has 0 fully saturated rings. The largest absolute Gasteiger partial charge is 0.506 e. The van der Waals surface area contributed by atoms with Gasteiger partial charge in [0, 0.05) is 20.7 Å². The number of fused-ring (bicyclic) bond motifs is 1. The maximum Gasteiger partial charge on any atom is 0.137 e. The average Bonchev–Trinajstić information content (AvgIpc) is 2.42. The van der Waals surface area contributed by atoms with Gasteiger partial charge in [-0.25, -0.2) is 0 Å². The Morgan fingerprint density at radius 3 is 2.92 bits per heavy atom. The molecule has 0 aliphatic rings. The molecule has 0 saturated heterocycles. The van der Waals surface area contributed by atoms with Gasteiger partial charge in [0.25, 0.3) is 0 Å². The molecule has 0 radical (unpaired) electrons. The van der Waals surface area contributed by atoms with Gasteiger partial charge in [-0.3, -0.25) is 0 Å². The molecule has 0 unspecified atom stereocenters. The highest BCUT2D eigenvalue weighted by Gasteiger charge is 2.08. The molecule has 0 atom stereocenters. The molecule has 0 spiro atoms. The van der Waals surface area contributed by atoms with Crippen LogP contribution in [0.4, 0.5) is 5.69 Å². The molecule has 2 aromatic rings. The third-order valence-electron chi connectivity index (χ3n) is 2.08. The lowest BCUT2D eigenvalue weighted by molar-refractivity contribution is 0.478. The molecule has 2 rings (SSSR count). The monoisotopic (exact) mass is 193 g/mol. The summed E-state index contributed by atoms with van der Waals surface area (Å²) in [5.74, 6) is 0.419. The van der Waals surface area contributed by atoms with Crippen LogP contribution in [-0.4, -0.2) is 5.11 Å². The van der Waals surface area contributed by atoms with E-state index in [0.717, 1.165) is 27.1 Å². The molecule has 13 heavy (non-hydrogen) atoms. The zero-order valence-electron chi connectivity index (χ0n) is 7.37. The second-order valence-electron chi connectivity index (χ2n) is 2.98. The van der Waals surface area contributed by atoms with E-state index in [4.69, 9.17) is 5.73 Å². The Kier molecular flexibility index (Phi) is 1.88. The standard InChI is InChI=1S/C10H11NOS/c1-2-8-10(12)7-4-3-6(11)5-9(7)13-8/h3-5,12H,2,11H2,1H3. The first kappa shape index (κ1) is 8.38. The van der Waals surface area contributed by atoms with Crippen LogP contribution in [0.1, 0.15) is 11.8 Å². The minimum absolute atomic E-state index is 0.419. The molecule has 3 N–H and O–H groups in total. The Balaban J connectivity index is 2.76. The summed E-state index contributed by atoms with van der Waals surface area (Å²) in [4.78, 5) is 1.03. The van der Waals surface area contributed by atoms with Gasteiger partial charge in [-0.15, -0.1) is 11.3 Å². The van der Waals surface area contributed by atoms with Crippen molar-refractivity contribution in [3.63, 3.8) is 0 Å². The molecule has 0 amide bonds. The van der Waals surface area contributed by atoms with Gasteiger partial charge in [0.1, 0.15) is 5.75 Å². The lowest BCUT2D eigenvalue weighted by atomic mass is 10.2. The van der Waals surface area contributed by atoms with Crippen molar-refractivity contribution in [2.45, 2.75) is 13.3 Å². The molecule has 68 valence electrons. The summed E-state index contributed by atoms with van der Waals surface area (Å²) in [6.07, 6.45) is 0.866. The van der Waals surface area contributed by atoms with Gasteiger partial charge in [-0.1, -0.05) is 6.92 Å². The quantitative estimate of drug-likeness (QED) is 0.684. The molecule has 0 aliphatic heterocycles. The van der Waals surface area contributed by atoms with E-state index in [2.05, 4.69) is 0 Å². The maximum atomic E-state index is 9.75. The van der Waals surface area contributed by atoms with Crippen LogP contribution in [-0.2, 0) is 6.42 Å². The second-order valence-corrected chi connectivity index (χ2v) is 4.12. The van der Waals surface area contributed by atoms with Crippen molar-refractivity contribution in [1.29, 1.82) is 0 Å². The molecule has 1 heterocycles. The van der Waals surface area contributed by atoms with Crippen LogP contribution in [0, 0.1) is 0 Å². The lowest BCUT2D eigenvalue weighted by Gasteiger charge is -1.93. The van der Waals surface area contributed by atoms with Gasteiger partial charge in [-0.05, 0) is 24.6 Å². The molecule has 0 bridgehead atoms. The number of aryl methyl sites for hydroxylation is 1. The lowest BCUT2D eigenvalue weighted by Crippen LogP contribution is -1.80. The van der Waals surface area contributed by atoms with Crippen LogP contribution in [0.3, 0.4) is 0 Å². The predicted molar refractivity (Wildman–Crippen MR) is 57.3 cm³/mol. The van der Waals surface area contributed by atoms with E-state index in [1.54, 1.807) is 11.3 Å². The molecule has 1 aromatic carbocycles. The van der Waals surface area contributed by atoms with E-state index in [9.17, 15) is 5.11 Å². The molecule has 2 nitrogen and oxygen atoms in total. The molecule has 1 aromatic heterocycles. The normalized spacial score (nSPS) is 10.8. The Morgan fingerprint density at radius 2 is 2.23 bits per heavy atom.